The maximum Gasteiger partial charge on any atom is 0.130 e. The lowest BCUT2D eigenvalue weighted by atomic mass is 9.99. The average molecular weight is 826 g/mol. The molecule has 7 aromatic rings. The Bertz CT molecular complexity index is 2830. The lowest BCUT2D eigenvalue weighted by Gasteiger charge is -2.13. The van der Waals surface area contributed by atoms with Gasteiger partial charge in [0.15, 0.2) is 0 Å². The van der Waals surface area contributed by atoms with E-state index < -0.39 is 0 Å². The van der Waals surface area contributed by atoms with Crippen molar-refractivity contribution in [3.63, 3.8) is 0 Å². The Kier molecular flexibility index (Phi) is 13.7. The van der Waals surface area contributed by atoms with Crippen molar-refractivity contribution >= 4 is 83.6 Å². The van der Waals surface area contributed by atoms with Crippen LogP contribution in [0.3, 0.4) is 0 Å². The summed E-state index contributed by atoms with van der Waals surface area (Å²) in [6.07, 6.45) is 17.9. The molecular formula is C54H51N9. The number of hydrogen-bond donors (Lipinski definition) is 0. The van der Waals surface area contributed by atoms with Crippen LogP contribution in [0, 0.1) is 68.0 Å². The molecule has 4 aromatic carbocycles. The molecule has 0 saturated carbocycles. The summed E-state index contributed by atoms with van der Waals surface area (Å²) in [6, 6.07) is 31.1. The second kappa shape index (κ2) is 19.9. The van der Waals surface area contributed by atoms with E-state index in [0.29, 0.717) is 0 Å². The number of nitrogens with zero attached hydrogens (tertiary/aromatic N) is 9. The minimum Gasteiger partial charge on any atom is -0.340 e. The van der Waals surface area contributed by atoms with Gasteiger partial charge in [0, 0.05) is 68.5 Å². The molecule has 3 aromatic heterocycles. The lowest BCUT2D eigenvalue weighted by molar-refractivity contribution is 0.600. The molecular weight excluding hydrogens is 775 g/mol. The minimum absolute atomic E-state index is 0.0331. The third-order valence-electron chi connectivity index (χ3n) is 12.3. The third kappa shape index (κ3) is 8.41. The average Bonchev–Trinajstić information content (AvgIpc) is 3.92. The fourth-order valence-electron chi connectivity index (χ4n) is 9.44. The number of hydrogen-bond acceptors (Lipinski definition) is 6. The van der Waals surface area contributed by atoms with Gasteiger partial charge >= 0.3 is 0 Å². The van der Waals surface area contributed by atoms with Crippen LogP contribution in [0.15, 0.2) is 71.3 Å². The van der Waals surface area contributed by atoms with Crippen molar-refractivity contribution in [1.82, 2.24) is 13.7 Å². The van der Waals surface area contributed by atoms with E-state index in [-0.39, 0.29) is 16.7 Å². The molecule has 0 aliphatic heterocycles. The molecule has 0 amide bonds. The number of rotatable bonds is 18. The van der Waals surface area contributed by atoms with E-state index in [4.69, 9.17) is 0 Å². The highest BCUT2D eigenvalue weighted by molar-refractivity contribution is 6.39. The molecule has 7 rings (SSSR count). The van der Waals surface area contributed by atoms with Gasteiger partial charge in [0.05, 0.1) is 16.6 Å². The molecule has 3 heterocycles. The Balaban J connectivity index is 1.79. The zero-order valence-electron chi connectivity index (χ0n) is 36.6. The highest BCUT2D eigenvalue weighted by Crippen LogP contribution is 2.49. The van der Waals surface area contributed by atoms with E-state index in [2.05, 4.69) is 70.9 Å². The molecule has 63 heavy (non-hydrogen) atoms. The number of fused-ring (bicyclic) bond motifs is 12. The van der Waals surface area contributed by atoms with Gasteiger partial charge in [-0.15, -0.1) is 0 Å². The second-order valence-corrected chi connectivity index (χ2v) is 16.5. The van der Waals surface area contributed by atoms with Crippen molar-refractivity contribution in [2.24, 2.45) is 0 Å². The van der Waals surface area contributed by atoms with E-state index in [1.165, 1.54) is 0 Å². The standard InChI is InChI=1S/C54H51N9/c1-4-7-10-13-22-61-46-19-16-37(25-40(31-55)32-56)28-43(46)49-52(61)50-44-29-38(26-41(33-57)34-58)17-20-47(44)62(23-14-11-8-5-2)54(50)51-45-30-39(27-42(35-59)36-60)18-21-48(45)63(53(49)51)24-15-12-9-6-3/h16-21,25-30H,4-15,22-24H2,1-3H3. The first-order valence-corrected chi connectivity index (χ1v) is 22.4. The van der Waals surface area contributed by atoms with Crippen molar-refractivity contribution < 1.29 is 0 Å². The summed E-state index contributed by atoms with van der Waals surface area (Å²) in [5.74, 6) is 0. The van der Waals surface area contributed by atoms with E-state index >= 15 is 0 Å². The maximum atomic E-state index is 9.80. The quantitative estimate of drug-likeness (QED) is 0.0619. The number of aryl methyl sites for hydroxylation is 3. The first-order valence-electron chi connectivity index (χ1n) is 22.4. The number of aromatic nitrogens is 3. The van der Waals surface area contributed by atoms with Crippen LogP contribution in [0.2, 0.25) is 0 Å². The van der Waals surface area contributed by atoms with Crippen LogP contribution < -0.4 is 0 Å². The highest BCUT2D eigenvalue weighted by atomic mass is 15.0. The highest BCUT2D eigenvalue weighted by Gasteiger charge is 2.28. The SMILES string of the molecule is CCCCCCn1c2ccc(C=C(C#N)C#N)cc2c2c1c1c3cc(C=C(C#N)C#N)ccc3n(CCCCCC)c1c1c3cc(C=C(C#N)C#N)ccc3n(CCCCCC)c21. The molecule has 0 aliphatic rings. The molecule has 312 valence electrons. The van der Waals surface area contributed by atoms with Crippen molar-refractivity contribution in [3.8, 4) is 36.4 Å². The molecule has 0 bridgehead atoms. The lowest BCUT2D eigenvalue weighted by Crippen LogP contribution is -2.01. The molecule has 0 unspecified atom stereocenters. The van der Waals surface area contributed by atoms with Gasteiger partial charge in [0.1, 0.15) is 53.1 Å². The Hall–Kier alpha value is -7.56. The largest absolute Gasteiger partial charge is 0.340 e. The minimum atomic E-state index is 0.0331. The van der Waals surface area contributed by atoms with E-state index in [1.807, 2.05) is 54.6 Å². The smallest absolute Gasteiger partial charge is 0.130 e. The molecule has 0 aliphatic carbocycles. The van der Waals surface area contributed by atoms with Crippen LogP contribution in [-0.2, 0) is 19.6 Å². The van der Waals surface area contributed by atoms with Gasteiger partial charge in [0.2, 0.25) is 0 Å². The molecule has 0 N–H and O–H groups in total. The predicted octanol–water partition coefficient (Wildman–Crippen LogP) is 14.0. The van der Waals surface area contributed by atoms with Gasteiger partial charge < -0.3 is 13.7 Å². The summed E-state index contributed by atoms with van der Waals surface area (Å²) in [7, 11) is 0. The first-order chi connectivity index (χ1) is 30.9. The summed E-state index contributed by atoms with van der Waals surface area (Å²) < 4.78 is 7.47. The van der Waals surface area contributed by atoms with E-state index in [0.717, 1.165) is 179 Å². The Labute approximate surface area is 369 Å². The molecule has 9 nitrogen and oxygen atoms in total. The monoisotopic (exact) mass is 825 g/mol. The number of benzene rings is 4. The summed E-state index contributed by atoms with van der Waals surface area (Å²) in [6.45, 7) is 9.01. The maximum absolute atomic E-state index is 9.80. The number of unbranched alkanes of at least 4 members (excludes halogenated alkanes) is 9. The first kappa shape index (κ1) is 43.5. The zero-order chi connectivity index (χ0) is 44.5. The predicted molar refractivity (Wildman–Crippen MR) is 255 cm³/mol. The summed E-state index contributed by atoms with van der Waals surface area (Å²) in [5.41, 5.74) is 8.94. The van der Waals surface area contributed by atoms with Gasteiger partial charge in [-0.1, -0.05) is 96.8 Å². The molecule has 0 atom stereocenters. The van der Waals surface area contributed by atoms with Crippen molar-refractivity contribution in [2.75, 3.05) is 0 Å². The van der Waals surface area contributed by atoms with Crippen molar-refractivity contribution in [1.29, 1.82) is 31.6 Å². The number of allylic oxidation sites excluding steroid dienone is 3. The Morgan fingerprint density at radius 3 is 0.905 bits per heavy atom. The summed E-state index contributed by atoms with van der Waals surface area (Å²) in [5, 5.41) is 65.1. The second-order valence-electron chi connectivity index (χ2n) is 16.5. The van der Waals surface area contributed by atoms with Crippen LogP contribution in [0.1, 0.15) is 115 Å². The number of nitriles is 6. The van der Waals surface area contributed by atoms with Crippen LogP contribution >= 0.6 is 0 Å². The van der Waals surface area contributed by atoms with E-state index in [9.17, 15) is 31.6 Å². The zero-order valence-corrected chi connectivity index (χ0v) is 36.6. The molecule has 0 spiro atoms. The van der Waals surface area contributed by atoms with Gasteiger partial charge in [-0.05, 0) is 90.6 Å². The fourth-order valence-corrected chi connectivity index (χ4v) is 9.44. The van der Waals surface area contributed by atoms with Crippen molar-refractivity contribution in [2.45, 2.75) is 117 Å². The Morgan fingerprint density at radius 1 is 0.397 bits per heavy atom. The van der Waals surface area contributed by atoms with Gasteiger partial charge in [0.25, 0.3) is 0 Å². The van der Waals surface area contributed by atoms with Crippen LogP contribution in [0.25, 0.3) is 83.6 Å². The Morgan fingerprint density at radius 2 is 0.667 bits per heavy atom. The van der Waals surface area contributed by atoms with Gasteiger partial charge in [-0.25, -0.2) is 0 Å². The topological polar surface area (TPSA) is 158 Å². The van der Waals surface area contributed by atoms with Gasteiger partial charge in [-0.2, -0.15) is 31.6 Å². The normalized spacial score (nSPS) is 11.0. The summed E-state index contributed by atoms with van der Waals surface area (Å²) in [4.78, 5) is 0. The molecule has 0 fully saturated rings. The van der Waals surface area contributed by atoms with Crippen LogP contribution in [0.5, 0.6) is 0 Å². The van der Waals surface area contributed by atoms with Gasteiger partial charge in [-0.3, -0.25) is 0 Å². The third-order valence-corrected chi connectivity index (χ3v) is 12.3. The van der Waals surface area contributed by atoms with Crippen LogP contribution in [0.4, 0.5) is 0 Å². The molecule has 9 heteroatoms. The fraction of sp³-hybridized carbons (Fsp3) is 0.333. The summed E-state index contributed by atoms with van der Waals surface area (Å²) >= 11 is 0. The van der Waals surface area contributed by atoms with E-state index in [1.54, 1.807) is 18.2 Å². The van der Waals surface area contributed by atoms with Crippen LogP contribution in [-0.4, -0.2) is 13.7 Å². The molecule has 0 radical (unpaired) electrons. The molecule has 0 saturated heterocycles. The van der Waals surface area contributed by atoms with Crippen molar-refractivity contribution in [3.05, 3.63) is 88.0 Å².